The van der Waals surface area contributed by atoms with Crippen molar-refractivity contribution in [3.8, 4) is 11.5 Å². The van der Waals surface area contributed by atoms with E-state index >= 15 is 0 Å². The van der Waals surface area contributed by atoms with Gasteiger partial charge in [0.05, 0.1) is 0 Å². The molecule has 0 saturated carbocycles. The molecule has 4 heteroatoms. The number of nitrogens with zero attached hydrogens (tertiary/aromatic N) is 1. The largest absolute Gasteiger partial charge is 0.508 e. The minimum atomic E-state index is -0.167. The number of benzene rings is 1. The molecule has 0 amide bonds. The molecule has 0 saturated heterocycles. The van der Waals surface area contributed by atoms with E-state index in [1.165, 1.54) is 18.2 Å². The summed E-state index contributed by atoms with van der Waals surface area (Å²) >= 11 is 0. The Kier molecular flexibility index (Phi) is 5.33. The molecule has 4 nitrogen and oxygen atoms in total. The van der Waals surface area contributed by atoms with E-state index in [1.54, 1.807) is 13.8 Å². The van der Waals surface area contributed by atoms with Gasteiger partial charge < -0.3 is 15.3 Å². The number of aliphatic hydroxyl groups excluding tert-OH is 1. The molecule has 0 aromatic heterocycles. The third-order valence-corrected chi connectivity index (χ3v) is 1.13. The van der Waals surface area contributed by atoms with Crippen molar-refractivity contribution in [2.75, 3.05) is 0 Å². The fourth-order valence-electron chi connectivity index (χ4n) is 0.638. The van der Waals surface area contributed by atoms with Crippen LogP contribution in [0, 0.1) is 0 Å². The summed E-state index contributed by atoms with van der Waals surface area (Å²) < 4.78 is 0. The fraction of sp³-hybridized carbons (Fsp3) is 0.300. The van der Waals surface area contributed by atoms with Crippen LogP contribution in [0.3, 0.4) is 0 Å². The summed E-state index contributed by atoms with van der Waals surface area (Å²) in [5.74, 6) is 0.0907. The van der Waals surface area contributed by atoms with Gasteiger partial charge in [0.2, 0.25) is 0 Å². The maximum absolute atomic E-state index is 8.99. The van der Waals surface area contributed by atoms with Gasteiger partial charge in [-0.05, 0) is 32.7 Å². The van der Waals surface area contributed by atoms with Gasteiger partial charge in [-0.3, -0.25) is 4.99 Å². The van der Waals surface area contributed by atoms with Crippen LogP contribution in [0.15, 0.2) is 23.2 Å². The van der Waals surface area contributed by atoms with Crippen molar-refractivity contribution in [2.24, 2.45) is 4.99 Å². The first kappa shape index (κ1) is 12.4. The van der Waals surface area contributed by atoms with Crippen LogP contribution in [0.4, 0.5) is 5.69 Å². The molecule has 0 fully saturated rings. The highest BCUT2D eigenvalue weighted by molar-refractivity contribution is 5.57. The number of aliphatic imine (C=N–C) groups is 1. The van der Waals surface area contributed by atoms with E-state index in [-0.39, 0.29) is 17.6 Å². The monoisotopic (exact) mass is 197 g/mol. The highest BCUT2D eigenvalue weighted by atomic mass is 16.3. The van der Waals surface area contributed by atoms with Crippen molar-refractivity contribution in [1.82, 2.24) is 0 Å². The highest BCUT2D eigenvalue weighted by Crippen LogP contribution is 2.28. The van der Waals surface area contributed by atoms with Crippen molar-refractivity contribution in [3.05, 3.63) is 18.2 Å². The summed E-state index contributed by atoms with van der Waals surface area (Å²) in [5, 5.41) is 25.9. The first-order valence-electron chi connectivity index (χ1n) is 4.14. The molecule has 1 rings (SSSR count). The van der Waals surface area contributed by atoms with Crippen LogP contribution in [0.2, 0.25) is 0 Å². The zero-order chi connectivity index (χ0) is 11.1. The van der Waals surface area contributed by atoms with Crippen molar-refractivity contribution in [2.45, 2.75) is 20.0 Å². The van der Waals surface area contributed by atoms with Crippen LogP contribution in [-0.2, 0) is 0 Å². The lowest BCUT2D eigenvalue weighted by molar-refractivity contribution is 0.216. The summed E-state index contributed by atoms with van der Waals surface area (Å²) in [6.45, 7) is 6.66. The van der Waals surface area contributed by atoms with Gasteiger partial charge in [-0.1, -0.05) is 0 Å². The Labute approximate surface area is 83.2 Å². The Morgan fingerprint density at radius 3 is 2.14 bits per heavy atom. The minimum absolute atomic E-state index is 0.0211. The second-order valence-electron chi connectivity index (χ2n) is 2.92. The lowest BCUT2D eigenvalue weighted by Gasteiger charge is -1.96. The van der Waals surface area contributed by atoms with E-state index < -0.39 is 0 Å². The van der Waals surface area contributed by atoms with E-state index in [2.05, 4.69) is 11.7 Å². The van der Waals surface area contributed by atoms with Crippen LogP contribution >= 0.6 is 0 Å². The number of hydrogen-bond donors (Lipinski definition) is 3. The number of aromatic hydroxyl groups is 2. The Morgan fingerprint density at radius 1 is 1.29 bits per heavy atom. The van der Waals surface area contributed by atoms with Gasteiger partial charge >= 0.3 is 0 Å². The molecule has 0 radical (unpaired) electrons. The molecule has 3 N–H and O–H groups in total. The van der Waals surface area contributed by atoms with Crippen LogP contribution in [0.25, 0.3) is 0 Å². The number of rotatable bonds is 1. The third-order valence-electron chi connectivity index (χ3n) is 1.13. The summed E-state index contributed by atoms with van der Waals surface area (Å²) in [5.41, 5.74) is 0.292. The van der Waals surface area contributed by atoms with Gasteiger partial charge in [0.1, 0.15) is 17.2 Å². The maximum atomic E-state index is 8.99. The molecule has 1 aromatic carbocycles. The summed E-state index contributed by atoms with van der Waals surface area (Å²) in [4.78, 5) is 3.47. The summed E-state index contributed by atoms with van der Waals surface area (Å²) in [6, 6.07) is 4.08. The van der Waals surface area contributed by atoms with Crippen LogP contribution in [-0.4, -0.2) is 28.1 Å². The summed E-state index contributed by atoms with van der Waals surface area (Å²) in [6.07, 6.45) is -0.167. The van der Waals surface area contributed by atoms with Crippen molar-refractivity contribution in [3.63, 3.8) is 0 Å². The van der Waals surface area contributed by atoms with Crippen molar-refractivity contribution in [1.29, 1.82) is 0 Å². The first-order valence-corrected chi connectivity index (χ1v) is 4.14. The van der Waals surface area contributed by atoms with E-state index in [1.807, 2.05) is 0 Å². The molecule has 14 heavy (non-hydrogen) atoms. The van der Waals surface area contributed by atoms with Gasteiger partial charge in [-0.2, -0.15) is 0 Å². The lowest BCUT2D eigenvalue weighted by atomic mass is 10.3. The average Bonchev–Trinajstić information content (AvgIpc) is 2.08. The van der Waals surface area contributed by atoms with E-state index in [9.17, 15) is 0 Å². The average molecular weight is 197 g/mol. The van der Waals surface area contributed by atoms with Gasteiger partial charge in [-0.25, -0.2) is 0 Å². The Morgan fingerprint density at radius 2 is 1.79 bits per heavy atom. The van der Waals surface area contributed by atoms with Gasteiger partial charge in [0.25, 0.3) is 0 Å². The molecule has 0 spiro atoms. The number of aliphatic hydroxyl groups is 1. The highest BCUT2D eigenvalue weighted by Gasteiger charge is 1.97. The lowest BCUT2D eigenvalue weighted by Crippen LogP contribution is -1.85. The zero-order valence-electron chi connectivity index (χ0n) is 8.31. The van der Waals surface area contributed by atoms with E-state index in [0.717, 1.165) is 0 Å². The molecular weight excluding hydrogens is 182 g/mol. The number of hydrogen-bond acceptors (Lipinski definition) is 4. The van der Waals surface area contributed by atoms with Gasteiger partial charge in [-0.15, -0.1) is 0 Å². The zero-order valence-corrected chi connectivity index (χ0v) is 8.31. The SMILES string of the molecule is C=Nc1cc(O)ccc1O.CC(C)O. The second-order valence-corrected chi connectivity index (χ2v) is 2.92. The van der Waals surface area contributed by atoms with Crippen molar-refractivity contribution < 1.29 is 15.3 Å². The third kappa shape index (κ3) is 5.16. The molecule has 0 aliphatic heterocycles. The molecule has 0 bridgehead atoms. The minimum Gasteiger partial charge on any atom is -0.508 e. The standard InChI is InChI=1S/C7H7NO2.C3H8O/c1-8-6-4-5(9)2-3-7(6)10;1-3(2)4/h2-4,9-10H,1H2;3-4H,1-2H3. The smallest absolute Gasteiger partial charge is 0.141 e. The number of phenolic OH excluding ortho intramolecular Hbond substituents is 2. The van der Waals surface area contributed by atoms with Crippen LogP contribution in [0.5, 0.6) is 11.5 Å². The van der Waals surface area contributed by atoms with E-state index in [4.69, 9.17) is 15.3 Å². The Bertz CT molecular complexity index is 295. The fourth-order valence-corrected chi connectivity index (χ4v) is 0.638. The predicted octanol–water partition coefficient (Wildman–Crippen LogP) is 1.82. The second kappa shape index (κ2) is 5.99. The van der Waals surface area contributed by atoms with Gasteiger partial charge in [0, 0.05) is 12.2 Å². The maximum Gasteiger partial charge on any atom is 0.141 e. The quantitative estimate of drug-likeness (QED) is 0.475. The van der Waals surface area contributed by atoms with Crippen LogP contribution in [0.1, 0.15) is 13.8 Å². The first-order chi connectivity index (χ1) is 6.47. The Balaban J connectivity index is 0.000000364. The molecule has 1 aromatic rings. The Hall–Kier alpha value is -1.55. The molecule has 0 atom stereocenters. The normalized spacial score (nSPS) is 9.14. The molecule has 0 aliphatic carbocycles. The topological polar surface area (TPSA) is 73.1 Å². The number of phenols is 2. The molecule has 0 heterocycles. The van der Waals surface area contributed by atoms with Crippen LogP contribution < -0.4 is 0 Å². The molecule has 0 unspecified atom stereocenters. The molecular formula is C10H15NO3. The summed E-state index contributed by atoms with van der Waals surface area (Å²) in [7, 11) is 0. The molecule has 78 valence electrons. The van der Waals surface area contributed by atoms with Gasteiger partial charge in [0.15, 0.2) is 0 Å². The molecule has 0 aliphatic rings. The predicted molar refractivity (Wildman–Crippen MR) is 56.3 cm³/mol. The van der Waals surface area contributed by atoms with Crippen molar-refractivity contribution >= 4 is 12.4 Å². The van der Waals surface area contributed by atoms with E-state index in [0.29, 0.717) is 5.69 Å².